The fourth-order valence-electron chi connectivity index (χ4n) is 3.92. The van der Waals surface area contributed by atoms with Crippen molar-refractivity contribution < 1.29 is 19.3 Å². The molecule has 2 aromatic carbocycles. The molecule has 33 heavy (non-hydrogen) atoms. The molecule has 0 fully saturated rings. The summed E-state index contributed by atoms with van der Waals surface area (Å²) in [5, 5.41) is 18.0. The molecule has 1 aliphatic heterocycles. The molecule has 4 aromatic rings. The molecule has 0 spiro atoms. The topological polar surface area (TPSA) is 133 Å². The highest BCUT2D eigenvalue weighted by atomic mass is 16.5. The van der Waals surface area contributed by atoms with Gasteiger partial charge in [0.1, 0.15) is 5.82 Å². The highest BCUT2D eigenvalue weighted by molar-refractivity contribution is 6.02. The first-order chi connectivity index (χ1) is 16.0. The van der Waals surface area contributed by atoms with Gasteiger partial charge in [-0.25, -0.2) is 10.5 Å². The molecule has 2 amide bonds. The quantitative estimate of drug-likeness (QED) is 0.305. The van der Waals surface area contributed by atoms with Gasteiger partial charge in [0, 0.05) is 54.8 Å². The average molecular weight is 444 g/mol. The molecule has 0 bridgehead atoms. The van der Waals surface area contributed by atoms with Gasteiger partial charge in [0.25, 0.3) is 11.8 Å². The van der Waals surface area contributed by atoms with Crippen molar-refractivity contribution in [3.63, 3.8) is 0 Å². The van der Waals surface area contributed by atoms with Gasteiger partial charge in [0.15, 0.2) is 0 Å². The summed E-state index contributed by atoms with van der Waals surface area (Å²) in [6.07, 6.45) is 1.73. The molecule has 0 radical (unpaired) electrons. The number of rotatable bonds is 6. The highest BCUT2D eigenvalue weighted by Gasteiger charge is 2.27. The average Bonchev–Trinajstić information content (AvgIpc) is 3.41. The predicted octanol–water partition coefficient (Wildman–Crippen LogP) is 2.78. The number of pyridine rings is 1. The number of hydroxylamine groups is 1. The van der Waals surface area contributed by atoms with Crippen LogP contribution in [0.1, 0.15) is 32.2 Å². The Balaban J connectivity index is 1.30. The fourth-order valence-corrected chi connectivity index (χ4v) is 3.92. The number of hydrogen-bond donors (Lipinski definition) is 3. The van der Waals surface area contributed by atoms with E-state index in [1.807, 2.05) is 24.3 Å². The van der Waals surface area contributed by atoms with E-state index in [2.05, 4.69) is 20.4 Å². The van der Waals surface area contributed by atoms with Crippen LogP contribution in [0.2, 0.25) is 0 Å². The Morgan fingerprint density at radius 2 is 2.09 bits per heavy atom. The molecule has 0 saturated heterocycles. The number of amides is 2. The van der Waals surface area contributed by atoms with Crippen LogP contribution in [0.25, 0.3) is 22.2 Å². The Labute approximate surface area is 188 Å². The van der Waals surface area contributed by atoms with Crippen LogP contribution in [0, 0.1) is 6.92 Å². The van der Waals surface area contributed by atoms with Gasteiger partial charge in [-0.1, -0.05) is 23.4 Å². The largest absolute Gasteiger partial charge is 0.368 e. The monoisotopic (exact) mass is 444 g/mol. The summed E-state index contributed by atoms with van der Waals surface area (Å²) in [6, 6.07) is 12.6. The number of aromatic nitrogens is 3. The Morgan fingerprint density at radius 3 is 2.88 bits per heavy atom. The number of aryl methyl sites for hydroxylation is 1. The second-order valence-corrected chi connectivity index (χ2v) is 7.70. The zero-order valence-electron chi connectivity index (χ0n) is 17.7. The molecule has 1 aliphatic rings. The summed E-state index contributed by atoms with van der Waals surface area (Å²) in [5.74, 6) is 0.901. The zero-order valence-corrected chi connectivity index (χ0v) is 17.7. The van der Waals surface area contributed by atoms with E-state index < -0.39 is 5.91 Å². The van der Waals surface area contributed by atoms with E-state index in [-0.39, 0.29) is 11.5 Å². The van der Waals surface area contributed by atoms with Gasteiger partial charge in [0.2, 0.25) is 11.7 Å². The lowest BCUT2D eigenvalue weighted by Gasteiger charge is -2.17. The molecular weight excluding hydrogens is 424 g/mol. The number of hydrogen-bond acceptors (Lipinski definition) is 8. The number of benzene rings is 2. The van der Waals surface area contributed by atoms with E-state index in [1.54, 1.807) is 35.6 Å². The summed E-state index contributed by atoms with van der Waals surface area (Å²) in [6.45, 7) is 3.14. The van der Waals surface area contributed by atoms with Crippen molar-refractivity contribution in [2.24, 2.45) is 0 Å². The summed E-state index contributed by atoms with van der Waals surface area (Å²) in [4.78, 5) is 34.9. The third-order valence-corrected chi connectivity index (χ3v) is 5.58. The predicted molar refractivity (Wildman–Crippen MR) is 119 cm³/mol. The maximum Gasteiger partial charge on any atom is 0.274 e. The fraction of sp³-hybridized carbons (Fsp3) is 0.174. The van der Waals surface area contributed by atoms with E-state index in [0.29, 0.717) is 42.7 Å². The third kappa shape index (κ3) is 3.87. The molecule has 2 aromatic heterocycles. The molecule has 0 atom stereocenters. The SMILES string of the molecule is Cc1nc(-c2ccc3ccnc(NCCN4Cc5ccc(C(=O)NO)cc5C4=O)c3c2)no1. The molecule has 3 heterocycles. The van der Waals surface area contributed by atoms with Gasteiger partial charge in [-0.2, -0.15) is 4.98 Å². The second kappa shape index (κ2) is 8.32. The van der Waals surface area contributed by atoms with Gasteiger partial charge in [-0.15, -0.1) is 0 Å². The number of nitrogens with one attached hydrogen (secondary N) is 2. The lowest BCUT2D eigenvalue weighted by atomic mass is 10.1. The van der Waals surface area contributed by atoms with Crippen LogP contribution in [0.5, 0.6) is 0 Å². The van der Waals surface area contributed by atoms with E-state index in [9.17, 15) is 9.59 Å². The molecule has 0 unspecified atom stereocenters. The Kier molecular flexibility index (Phi) is 5.19. The van der Waals surface area contributed by atoms with Crippen molar-refractivity contribution in [2.75, 3.05) is 18.4 Å². The Bertz CT molecular complexity index is 1380. The molecule has 0 saturated carbocycles. The van der Waals surface area contributed by atoms with Crippen LogP contribution in [0.4, 0.5) is 5.82 Å². The minimum absolute atomic E-state index is 0.153. The van der Waals surface area contributed by atoms with Crippen molar-refractivity contribution >= 4 is 28.4 Å². The van der Waals surface area contributed by atoms with Crippen LogP contribution in [-0.4, -0.2) is 50.1 Å². The Hall–Kier alpha value is -4.31. The maximum atomic E-state index is 12.8. The molecule has 10 nitrogen and oxygen atoms in total. The van der Waals surface area contributed by atoms with Gasteiger partial charge >= 0.3 is 0 Å². The smallest absolute Gasteiger partial charge is 0.274 e. The summed E-state index contributed by atoms with van der Waals surface area (Å²) >= 11 is 0. The van der Waals surface area contributed by atoms with Crippen LogP contribution in [0.15, 0.2) is 53.2 Å². The van der Waals surface area contributed by atoms with Crippen LogP contribution < -0.4 is 10.8 Å². The summed E-state index contributed by atoms with van der Waals surface area (Å²) in [7, 11) is 0. The van der Waals surface area contributed by atoms with Crippen molar-refractivity contribution in [3.05, 3.63) is 71.2 Å². The minimum atomic E-state index is -0.650. The van der Waals surface area contributed by atoms with Crippen molar-refractivity contribution in [3.8, 4) is 11.4 Å². The molecule has 0 aliphatic carbocycles. The first-order valence-electron chi connectivity index (χ1n) is 10.3. The summed E-state index contributed by atoms with van der Waals surface area (Å²) in [5.41, 5.74) is 3.96. The van der Waals surface area contributed by atoms with Crippen molar-refractivity contribution in [2.45, 2.75) is 13.5 Å². The van der Waals surface area contributed by atoms with Crippen LogP contribution in [-0.2, 0) is 6.54 Å². The minimum Gasteiger partial charge on any atom is -0.368 e. The maximum absolute atomic E-state index is 12.8. The van der Waals surface area contributed by atoms with Crippen molar-refractivity contribution in [1.29, 1.82) is 0 Å². The normalized spacial score (nSPS) is 12.8. The second-order valence-electron chi connectivity index (χ2n) is 7.70. The molecule has 3 N–H and O–H groups in total. The Morgan fingerprint density at radius 1 is 1.21 bits per heavy atom. The van der Waals surface area contributed by atoms with E-state index in [4.69, 9.17) is 9.73 Å². The molecular formula is C23H20N6O4. The first-order valence-corrected chi connectivity index (χ1v) is 10.3. The van der Waals surface area contributed by atoms with Gasteiger partial charge in [-0.05, 0) is 35.2 Å². The van der Waals surface area contributed by atoms with Gasteiger partial charge in [0.05, 0.1) is 0 Å². The van der Waals surface area contributed by atoms with Crippen molar-refractivity contribution in [1.82, 2.24) is 25.5 Å². The van der Waals surface area contributed by atoms with Crippen LogP contribution in [0.3, 0.4) is 0 Å². The molecule has 166 valence electrons. The number of fused-ring (bicyclic) bond motifs is 2. The van der Waals surface area contributed by atoms with E-state index in [0.717, 1.165) is 21.9 Å². The lowest BCUT2D eigenvalue weighted by Crippen LogP contribution is -2.29. The van der Waals surface area contributed by atoms with Crippen LogP contribution >= 0.6 is 0 Å². The standard InChI is InChI=1S/C23H20N6O4/c1-13-26-20(28-33-13)15-3-2-14-6-7-24-21(18(14)10-15)25-8-9-29-12-17-5-4-16(22(30)27-32)11-19(17)23(29)31/h2-7,10-11,32H,8-9,12H2,1H3,(H,24,25)(H,27,30). The molecule has 10 heteroatoms. The lowest BCUT2D eigenvalue weighted by molar-refractivity contribution is 0.0706. The number of anilines is 1. The highest BCUT2D eigenvalue weighted by Crippen LogP contribution is 2.27. The number of nitrogens with zero attached hydrogens (tertiary/aromatic N) is 4. The van der Waals surface area contributed by atoms with E-state index >= 15 is 0 Å². The third-order valence-electron chi connectivity index (χ3n) is 5.58. The van der Waals surface area contributed by atoms with Gasteiger partial charge in [-0.3, -0.25) is 14.8 Å². The van der Waals surface area contributed by atoms with Gasteiger partial charge < -0.3 is 14.7 Å². The number of carbonyl (C=O) groups excluding carboxylic acids is 2. The number of carbonyl (C=O) groups is 2. The molecule has 5 rings (SSSR count). The van der Waals surface area contributed by atoms with E-state index in [1.165, 1.54) is 6.07 Å². The zero-order chi connectivity index (χ0) is 22.9. The first kappa shape index (κ1) is 20.6. The summed E-state index contributed by atoms with van der Waals surface area (Å²) < 4.78 is 5.08.